The Morgan fingerprint density at radius 2 is 0.981 bits per heavy atom. The molecule has 4 N–H and O–H groups in total. The van der Waals surface area contributed by atoms with Crippen LogP contribution in [0.4, 0.5) is 0 Å². The molecular formula is C43H80N2O7. The van der Waals surface area contributed by atoms with Crippen molar-refractivity contribution in [2.45, 2.75) is 225 Å². The van der Waals surface area contributed by atoms with Crippen molar-refractivity contribution in [3.63, 3.8) is 0 Å². The second-order valence-corrected chi connectivity index (χ2v) is 14.8. The van der Waals surface area contributed by atoms with E-state index in [1.807, 2.05) is 0 Å². The summed E-state index contributed by atoms with van der Waals surface area (Å²) in [5.74, 6) is -2.29. The molecule has 0 aromatic carbocycles. The Balaban J connectivity index is 4.27. The highest BCUT2D eigenvalue weighted by Crippen LogP contribution is 2.19. The molecule has 0 aliphatic rings. The highest BCUT2D eigenvalue weighted by atomic mass is 16.5. The summed E-state index contributed by atoms with van der Waals surface area (Å²) < 4.78 is 6.02. The van der Waals surface area contributed by atoms with Crippen molar-refractivity contribution in [3.05, 3.63) is 12.2 Å². The first-order valence-electron chi connectivity index (χ1n) is 21.6. The molecule has 0 fully saturated rings. The lowest BCUT2D eigenvalue weighted by molar-refractivity contribution is -0.150. The number of allylic oxidation sites excluding steroid dienone is 2. The molecule has 0 aliphatic carbocycles. The summed E-state index contributed by atoms with van der Waals surface area (Å²) in [6, 6.07) is -1.38. The van der Waals surface area contributed by atoms with E-state index in [1.165, 1.54) is 116 Å². The van der Waals surface area contributed by atoms with E-state index in [0.717, 1.165) is 64.2 Å². The number of esters is 1. The van der Waals surface area contributed by atoms with Crippen LogP contribution in [-0.2, 0) is 23.9 Å². The third-order valence-corrected chi connectivity index (χ3v) is 9.76. The second kappa shape index (κ2) is 38.3. The van der Waals surface area contributed by atoms with E-state index in [1.54, 1.807) is 0 Å². The summed E-state index contributed by atoms with van der Waals surface area (Å²) in [4.78, 5) is 47.5. The van der Waals surface area contributed by atoms with Crippen LogP contribution in [0.25, 0.3) is 0 Å². The number of hydrogen-bond donors (Lipinski definition) is 4. The molecule has 0 aliphatic heterocycles. The molecule has 2 amide bonds. The number of aliphatic carboxylic acids is 1. The largest absolute Gasteiger partial charge is 0.480 e. The van der Waals surface area contributed by atoms with Crippen molar-refractivity contribution in [3.8, 4) is 0 Å². The smallest absolute Gasteiger partial charge is 0.328 e. The van der Waals surface area contributed by atoms with Gasteiger partial charge < -0.3 is 25.6 Å². The number of rotatable bonds is 39. The van der Waals surface area contributed by atoms with Gasteiger partial charge in [0.15, 0.2) is 0 Å². The normalized spacial score (nSPS) is 12.5. The van der Waals surface area contributed by atoms with Gasteiger partial charge in [0, 0.05) is 12.8 Å². The van der Waals surface area contributed by atoms with E-state index in [0.29, 0.717) is 19.3 Å². The zero-order valence-corrected chi connectivity index (χ0v) is 33.6. The summed E-state index contributed by atoms with van der Waals surface area (Å²) in [5, 5.41) is 22.5. The monoisotopic (exact) mass is 737 g/mol. The molecule has 0 aromatic rings. The van der Waals surface area contributed by atoms with Gasteiger partial charge in [-0.25, -0.2) is 4.79 Å². The summed E-state index contributed by atoms with van der Waals surface area (Å²) >= 11 is 0. The Hall–Kier alpha value is -2.42. The fourth-order valence-corrected chi connectivity index (χ4v) is 6.42. The SMILES string of the molecule is CCCCCCC/C=C\CCCCCCCC(=O)OC(CCCCCCCCCCCC)CCCCCCCC(=O)NCC(=O)NC(CO)C(=O)O. The minimum Gasteiger partial charge on any atom is -0.480 e. The third-order valence-electron chi connectivity index (χ3n) is 9.76. The Kier molecular flexibility index (Phi) is 36.5. The van der Waals surface area contributed by atoms with Gasteiger partial charge in [0.2, 0.25) is 11.8 Å². The van der Waals surface area contributed by atoms with E-state index in [9.17, 15) is 19.2 Å². The Morgan fingerprint density at radius 1 is 0.558 bits per heavy atom. The number of unbranched alkanes of at least 4 members (excludes halogenated alkanes) is 23. The van der Waals surface area contributed by atoms with E-state index in [2.05, 4.69) is 36.6 Å². The molecule has 0 bridgehead atoms. The van der Waals surface area contributed by atoms with Crippen LogP contribution in [0.15, 0.2) is 12.2 Å². The van der Waals surface area contributed by atoms with Crippen LogP contribution in [-0.4, -0.2) is 59.3 Å². The number of carboxylic acid groups (broad SMARTS) is 1. The average Bonchev–Trinajstić information content (AvgIpc) is 3.13. The maximum atomic E-state index is 12.8. The van der Waals surface area contributed by atoms with E-state index in [-0.39, 0.29) is 24.5 Å². The molecule has 0 radical (unpaired) electrons. The average molecular weight is 737 g/mol. The van der Waals surface area contributed by atoms with Gasteiger partial charge >= 0.3 is 11.9 Å². The number of hydrogen-bond acceptors (Lipinski definition) is 6. The number of nitrogens with one attached hydrogen (secondary N) is 2. The molecule has 0 spiro atoms. The van der Waals surface area contributed by atoms with Gasteiger partial charge in [-0.15, -0.1) is 0 Å². The Morgan fingerprint density at radius 3 is 1.44 bits per heavy atom. The molecule has 0 saturated carbocycles. The number of amides is 2. The number of carboxylic acids is 1. The lowest BCUT2D eigenvalue weighted by Crippen LogP contribution is -2.47. The molecule has 0 heterocycles. The number of aliphatic hydroxyl groups is 1. The molecular weight excluding hydrogens is 656 g/mol. The summed E-state index contributed by atoms with van der Waals surface area (Å²) in [6.07, 6.45) is 39.5. The molecule has 2 atom stereocenters. The summed E-state index contributed by atoms with van der Waals surface area (Å²) in [5.41, 5.74) is 0. The van der Waals surface area contributed by atoms with Crippen LogP contribution in [0.2, 0.25) is 0 Å². The van der Waals surface area contributed by atoms with Crippen LogP contribution >= 0.6 is 0 Å². The number of aliphatic hydroxyl groups excluding tert-OH is 1. The van der Waals surface area contributed by atoms with Crippen molar-refractivity contribution >= 4 is 23.8 Å². The van der Waals surface area contributed by atoms with Gasteiger partial charge in [-0.1, -0.05) is 148 Å². The van der Waals surface area contributed by atoms with Gasteiger partial charge in [-0.2, -0.15) is 0 Å². The number of ether oxygens (including phenoxy) is 1. The van der Waals surface area contributed by atoms with Crippen molar-refractivity contribution in [2.75, 3.05) is 13.2 Å². The Labute approximate surface area is 318 Å². The highest BCUT2D eigenvalue weighted by molar-refractivity contribution is 5.87. The first-order chi connectivity index (χ1) is 25.3. The fraction of sp³-hybridized carbons (Fsp3) is 0.860. The molecule has 0 saturated heterocycles. The van der Waals surface area contributed by atoms with Crippen molar-refractivity contribution in [1.82, 2.24) is 10.6 Å². The van der Waals surface area contributed by atoms with Crippen molar-refractivity contribution in [1.29, 1.82) is 0 Å². The molecule has 2 unspecified atom stereocenters. The molecule has 9 heteroatoms. The van der Waals surface area contributed by atoms with Crippen LogP contribution in [0.5, 0.6) is 0 Å². The highest BCUT2D eigenvalue weighted by Gasteiger charge is 2.19. The van der Waals surface area contributed by atoms with Gasteiger partial charge in [0.05, 0.1) is 13.2 Å². The van der Waals surface area contributed by atoms with Crippen LogP contribution in [0, 0.1) is 0 Å². The van der Waals surface area contributed by atoms with Crippen LogP contribution in [0.1, 0.15) is 213 Å². The van der Waals surface area contributed by atoms with Crippen LogP contribution in [0.3, 0.4) is 0 Å². The summed E-state index contributed by atoms with van der Waals surface area (Å²) in [6.45, 7) is 3.48. The maximum Gasteiger partial charge on any atom is 0.328 e. The zero-order chi connectivity index (χ0) is 38.3. The molecule has 0 aromatic heterocycles. The summed E-state index contributed by atoms with van der Waals surface area (Å²) in [7, 11) is 0. The van der Waals surface area contributed by atoms with Crippen molar-refractivity contribution in [2.24, 2.45) is 0 Å². The molecule has 0 rings (SSSR count). The van der Waals surface area contributed by atoms with Crippen molar-refractivity contribution < 1.29 is 34.1 Å². The number of carbonyl (C=O) groups excluding carboxylic acids is 3. The van der Waals surface area contributed by atoms with Gasteiger partial charge in [0.1, 0.15) is 12.1 Å². The first kappa shape index (κ1) is 49.6. The lowest BCUT2D eigenvalue weighted by atomic mass is 10.0. The maximum absolute atomic E-state index is 12.8. The Bertz CT molecular complexity index is 895. The quantitative estimate of drug-likeness (QED) is 0.0279. The van der Waals surface area contributed by atoms with E-state index < -0.39 is 24.5 Å². The molecule has 304 valence electrons. The van der Waals surface area contributed by atoms with Gasteiger partial charge in [0.25, 0.3) is 0 Å². The van der Waals surface area contributed by atoms with Gasteiger partial charge in [-0.3, -0.25) is 14.4 Å². The third kappa shape index (κ3) is 34.7. The zero-order valence-electron chi connectivity index (χ0n) is 33.6. The minimum absolute atomic E-state index is 0.0107. The van der Waals surface area contributed by atoms with E-state index in [4.69, 9.17) is 14.9 Å². The molecule has 52 heavy (non-hydrogen) atoms. The second-order valence-electron chi connectivity index (χ2n) is 14.8. The molecule has 9 nitrogen and oxygen atoms in total. The van der Waals surface area contributed by atoms with E-state index >= 15 is 0 Å². The minimum atomic E-state index is -1.38. The lowest BCUT2D eigenvalue weighted by Gasteiger charge is -2.18. The van der Waals surface area contributed by atoms with Gasteiger partial charge in [-0.05, 0) is 64.2 Å². The number of carbonyl (C=O) groups is 4. The predicted molar refractivity (Wildman–Crippen MR) is 213 cm³/mol. The first-order valence-corrected chi connectivity index (χ1v) is 21.6. The topological polar surface area (TPSA) is 142 Å². The fourth-order valence-electron chi connectivity index (χ4n) is 6.42. The van der Waals surface area contributed by atoms with Crippen LogP contribution < -0.4 is 10.6 Å². The standard InChI is InChI=1S/C43H80N2O7/c1-3-5-7-9-11-13-15-16-17-18-20-22-27-31-35-42(49)52-38(32-28-24-21-19-14-12-10-8-6-4-2)33-29-25-23-26-30-34-40(47)44-36-41(48)45-39(37-46)43(50)51/h15-16,38-39,46H,3-14,17-37H2,1-2H3,(H,44,47)(H,45,48)(H,50,51)/b16-15-. The predicted octanol–water partition coefficient (Wildman–Crippen LogP) is 10.3.